The molecule has 0 aromatic heterocycles. The maximum atomic E-state index is 8.47. The van der Waals surface area contributed by atoms with E-state index in [1.807, 2.05) is 30.3 Å². The summed E-state index contributed by atoms with van der Waals surface area (Å²) in [6, 6.07) is 9.56. The number of rotatable bonds is 1. The Morgan fingerprint density at radius 2 is 1.85 bits per heavy atom. The summed E-state index contributed by atoms with van der Waals surface area (Å²) < 4.78 is 0. The van der Waals surface area contributed by atoms with Crippen LogP contribution in [0.25, 0.3) is 0 Å². The van der Waals surface area contributed by atoms with Crippen molar-refractivity contribution in [1.29, 1.82) is 0 Å². The van der Waals surface area contributed by atoms with Crippen molar-refractivity contribution >= 4 is 0 Å². The van der Waals surface area contributed by atoms with Crippen molar-refractivity contribution < 1.29 is 10.1 Å². The van der Waals surface area contributed by atoms with E-state index in [0.29, 0.717) is 0 Å². The molecule has 0 fully saturated rings. The molecule has 0 atom stereocenters. The Balaban J connectivity index is 2.79. The third-order valence-electron chi connectivity index (χ3n) is 1.51. The lowest BCUT2D eigenvalue weighted by Crippen LogP contribution is -2.19. The monoisotopic (exact) mass is 176 g/mol. The SMILES string of the molecule is CC(C)(C#Cc1ccccc1)OO. The second-order valence-corrected chi connectivity index (χ2v) is 3.22. The lowest BCUT2D eigenvalue weighted by atomic mass is 10.1. The van der Waals surface area contributed by atoms with E-state index < -0.39 is 5.60 Å². The molecule has 2 nitrogen and oxygen atoms in total. The van der Waals surface area contributed by atoms with Crippen LogP contribution in [0.15, 0.2) is 30.3 Å². The second-order valence-electron chi connectivity index (χ2n) is 3.22. The molecule has 2 heteroatoms. The fraction of sp³-hybridized carbons (Fsp3) is 0.273. The van der Waals surface area contributed by atoms with Crippen molar-refractivity contribution in [3.8, 4) is 11.8 Å². The largest absolute Gasteiger partial charge is 0.250 e. The van der Waals surface area contributed by atoms with Crippen LogP contribution in [0.2, 0.25) is 0 Å². The van der Waals surface area contributed by atoms with Gasteiger partial charge in [0.15, 0.2) is 5.60 Å². The van der Waals surface area contributed by atoms with Crippen molar-refractivity contribution in [2.24, 2.45) is 0 Å². The van der Waals surface area contributed by atoms with Gasteiger partial charge in [-0.1, -0.05) is 30.0 Å². The third-order valence-corrected chi connectivity index (χ3v) is 1.51. The van der Waals surface area contributed by atoms with Gasteiger partial charge < -0.3 is 0 Å². The van der Waals surface area contributed by atoms with Gasteiger partial charge in [-0.3, -0.25) is 5.26 Å². The smallest absolute Gasteiger partial charge is 0.158 e. The Morgan fingerprint density at radius 1 is 1.23 bits per heavy atom. The average molecular weight is 176 g/mol. The van der Waals surface area contributed by atoms with E-state index in [9.17, 15) is 0 Å². The highest BCUT2D eigenvalue weighted by molar-refractivity contribution is 5.35. The first-order chi connectivity index (χ1) is 6.14. The fourth-order valence-corrected chi connectivity index (χ4v) is 0.767. The molecule has 0 bridgehead atoms. The predicted molar refractivity (Wildman–Crippen MR) is 51.1 cm³/mol. The van der Waals surface area contributed by atoms with Gasteiger partial charge in [0.05, 0.1) is 0 Å². The normalized spacial score (nSPS) is 10.4. The van der Waals surface area contributed by atoms with Crippen LogP contribution in [-0.4, -0.2) is 10.9 Å². The summed E-state index contributed by atoms with van der Waals surface area (Å²) >= 11 is 0. The Labute approximate surface area is 78.1 Å². The third kappa shape index (κ3) is 3.29. The molecule has 1 aromatic rings. The zero-order chi connectivity index (χ0) is 9.73. The molecule has 0 aliphatic carbocycles. The summed E-state index contributed by atoms with van der Waals surface area (Å²) in [7, 11) is 0. The molecule has 0 aliphatic rings. The number of benzene rings is 1. The standard InChI is InChI=1S/C11H12O2/c1-11(2,13-12)9-8-10-6-4-3-5-7-10/h3-7,12H,1-2H3. The van der Waals surface area contributed by atoms with Crippen LogP contribution >= 0.6 is 0 Å². The summed E-state index contributed by atoms with van der Waals surface area (Å²) in [6.45, 7) is 3.39. The topological polar surface area (TPSA) is 29.5 Å². The molecule has 0 radical (unpaired) electrons. The lowest BCUT2D eigenvalue weighted by Gasteiger charge is -2.10. The first-order valence-corrected chi connectivity index (χ1v) is 4.05. The molecule has 0 saturated carbocycles. The molecule has 68 valence electrons. The van der Waals surface area contributed by atoms with Crippen LogP contribution in [0.1, 0.15) is 19.4 Å². The molecule has 1 N–H and O–H groups in total. The molecular weight excluding hydrogens is 164 g/mol. The first-order valence-electron chi connectivity index (χ1n) is 4.05. The van der Waals surface area contributed by atoms with E-state index >= 15 is 0 Å². The van der Waals surface area contributed by atoms with Crippen LogP contribution in [0.5, 0.6) is 0 Å². The summed E-state index contributed by atoms with van der Waals surface area (Å²) in [5.41, 5.74) is 0.100. The van der Waals surface area contributed by atoms with Crippen molar-refractivity contribution in [1.82, 2.24) is 0 Å². The van der Waals surface area contributed by atoms with Gasteiger partial charge in [-0.05, 0) is 26.0 Å². The summed E-state index contributed by atoms with van der Waals surface area (Å²) in [4.78, 5) is 4.19. The maximum absolute atomic E-state index is 8.47. The predicted octanol–water partition coefficient (Wildman–Crippen LogP) is 2.31. The molecule has 0 aliphatic heterocycles. The minimum absolute atomic E-state index is 0.810. The zero-order valence-electron chi connectivity index (χ0n) is 7.74. The van der Waals surface area contributed by atoms with Gasteiger partial charge in [0.1, 0.15) is 0 Å². The minimum Gasteiger partial charge on any atom is -0.250 e. The molecule has 0 spiro atoms. The van der Waals surface area contributed by atoms with Gasteiger partial charge in [0.2, 0.25) is 0 Å². The number of hydrogen-bond donors (Lipinski definition) is 1. The molecule has 0 heterocycles. The zero-order valence-corrected chi connectivity index (χ0v) is 7.74. The van der Waals surface area contributed by atoms with E-state index in [2.05, 4.69) is 16.7 Å². The maximum Gasteiger partial charge on any atom is 0.158 e. The molecule has 0 unspecified atom stereocenters. The molecular formula is C11H12O2. The lowest BCUT2D eigenvalue weighted by molar-refractivity contribution is -0.293. The molecule has 0 saturated heterocycles. The molecule has 13 heavy (non-hydrogen) atoms. The van der Waals surface area contributed by atoms with E-state index in [1.165, 1.54) is 0 Å². The van der Waals surface area contributed by atoms with Gasteiger partial charge in [0.25, 0.3) is 0 Å². The Hall–Kier alpha value is -1.30. The fourth-order valence-electron chi connectivity index (χ4n) is 0.767. The van der Waals surface area contributed by atoms with Crippen LogP contribution in [0.4, 0.5) is 0 Å². The molecule has 1 rings (SSSR count). The second kappa shape index (κ2) is 4.08. The summed E-state index contributed by atoms with van der Waals surface area (Å²) in [6.07, 6.45) is 0. The van der Waals surface area contributed by atoms with Crippen molar-refractivity contribution in [2.45, 2.75) is 19.4 Å². The molecule has 1 aromatic carbocycles. The van der Waals surface area contributed by atoms with Crippen LogP contribution in [-0.2, 0) is 4.89 Å². The van der Waals surface area contributed by atoms with Crippen molar-refractivity contribution in [2.75, 3.05) is 0 Å². The van der Waals surface area contributed by atoms with Gasteiger partial charge in [0, 0.05) is 5.56 Å². The number of hydrogen-bond acceptors (Lipinski definition) is 2. The van der Waals surface area contributed by atoms with E-state index in [1.54, 1.807) is 13.8 Å². The van der Waals surface area contributed by atoms with E-state index in [4.69, 9.17) is 5.26 Å². The van der Waals surface area contributed by atoms with Crippen LogP contribution in [0.3, 0.4) is 0 Å². The van der Waals surface area contributed by atoms with Crippen LogP contribution < -0.4 is 0 Å². The average Bonchev–Trinajstić information content (AvgIpc) is 2.17. The van der Waals surface area contributed by atoms with E-state index in [0.717, 1.165) is 5.56 Å². The van der Waals surface area contributed by atoms with Crippen molar-refractivity contribution in [3.05, 3.63) is 35.9 Å². The van der Waals surface area contributed by atoms with Gasteiger partial charge in [-0.15, -0.1) is 0 Å². The minimum atomic E-state index is -0.810. The van der Waals surface area contributed by atoms with E-state index in [-0.39, 0.29) is 0 Å². The molecule has 0 amide bonds. The summed E-state index contributed by atoms with van der Waals surface area (Å²) in [5.74, 6) is 5.70. The van der Waals surface area contributed by atoms with Gasteiger partial charge in [-0.25, -0.2) is 4.89 Å². The summed E-state index contributed by atoms with van der Waals surface area (Å²) in [5, 5.41) is 8.47. The highest BCUT2D eigenvalue weighted by atomic mass is 17.1. The highest BCUT2D eigenvalue weighted by Crippen LogP contribution is 2.05. The van der Waals surface area contributed by atoms with Gasteiger partial charge >= 0.3 is 0 Å². The Bertz CT molecular complexity index is 317. The highest BCUT2D eigenvalue weighted by Gasteiger charge is 2.13. The van der Waals surface area contributed by atoms with Crippen LogP contribution in [0, 0.1) is 11.8 Å². The Kier molecular flexibility index (Phi) is 3.07. The quantitative estimate of drug-likeness (QED) is 0.404. The van der Waals surface area contributed by atoms with Crippen molar-refractivity contribution in [3.63, 3.8) is 0 Å². The first kappa shape index (κ1) is 9.79. The van der Waals surface area contributed by atoms with Gasteiger partial charge in [-0.2, -0.15) is 0 Å². The Morgan fingerprint density at radius 3 is 2.38 bits per heavy atom.